The lowest BCUT2D eigenvalue weighted by atomic mass is 10.2. The third kappa shape index (κ3) is 2.81. The Morgan fingerprint density at radius 3 is 2.96 bits per heavy atom. The first-order valence-electron chi connectivity index (χ1n) is 7.27. The molecule has 2 N–H and O–H groups in total. The number of thioether (sulfide) groups is 1. The number of hydrogen-bond acceptors (Lipinski definition) is 8. The van der Waals surface area contributed by atoms with E-state index in [0.717, 1.165) is 26.5 Å². The van der Waals surface area contributed by atoms with Crippen LogP contribution in [0.4, 0.5) is 5.82 Å². The van der Waals surface area contributed by atoms with Gasteiger partial charge in [-0.1, -0.05) is 23.0 Å². The molecule has 0 radical (unpaired) electrons. The molecule has 0 bridgehead atoms. The fourth-order valence-corrected chi connectivity index (χ4v) is 4.88. The van der Waals surface area contributed by atoms with Crippen LogP contribution in [0, 0.1) is 13.8 Å². The number of hydrogen-bond donors (Lipinski definition) is 1. The Morgan fingerprint density at radius 1 is 1.29 bits per heavy atom. The van der Waals surface area contributed by atoms with Gasteiger partial charge in [0.25, 0.3) is 0 Å². The highest BCUT2D eigenvalue weighted by molar-refractivity contribution is 7.98. The maximum absolute atomic E-state index is 6.12. The fourth-order valence-electron chi connectivity index (χ4n) is 2.38. The summed E-state index contributed by atoms with van der Waals surface area (Å²) < 4.78 is 5.39. The van der Waals surface area contributed by atoms with Gasteiger partial charge >= 0.3 is 0 Å². The highest BCUT2D eigenvalue weighted by Crippen LogP contribution is 2.34. The molecule has 24 heavy (non-hydrogen) atoms. The highest BCUT2D eigenvalue weighted by atomic mass is 32.2. The molecule has 4 rings (SSSR count). The van der Waals surface area contributed by atoms with Crippen molar-refractivity contribution in [3.63, 3.8) is 0 Å². The van der Waals surface area contributed by atoms with Crippen LogP contribution in [-0.2, 0) is 5.75 Å². The Kier molecular flexibility index (Phi) is 4.03. The minimum absolute atomic E-state index is 0.545. The van der Waals surface area contributed by atoms with Gasteiger partial charge in [-0.05, 0) is 30.9 Å². The fraction of sp³-hybridized carbons (Fsp3) is 0.188. The zero-order chi connectivity index (χ0) is 16.7. The van der Waals surface area contributed by atoms with Crippen LogP contribution in [0.15, 0.2) is 33.3 Å². The van der Waals surface area contributed by atoms with Crippen molar-refractivity contribution in [3.8, 4) is 10.6 Å². The smallest absolute Gasteiger partial charge is 0.191 e. The summed E-state index contributed by atoms with van der Waals surface area (Å²) in [4.78, 5) is 12.3. The van der Waals surface area contributed by atoms with Crippen LogP contribution in [0.25, 0.3) is 20.9 Å². The molecule has 0 saturated carbocycles. The van der Waals surface area contributed by atoms with E-state index in [1.807, 2.05) is 23.6 Å². The number of aryl methyl sites for hydroxylation is 2. The molecule has 5 nitrogen and oxygen atoms in total. The van der Waals surface area contributed by atoms with Crippen LogP contribution in [0.1, 0.15) is 16.1 Å². The van der Waals surface area contributed by atoms with Crippen LogP contribution in [-0.4, -0.2) is 15.1 Å². The van der Waals surface area contributed by atoms with Crippen molar-refractivity contribution in [2.75, 3.05) is 5.73 Å². The number of anilines is 1. The van der Waals surface area contributed by atoms with E-state index in [-0.39, 0.29) is 0 Å². The van der Waals surface area contributed by atoms with Crippen molar-refractivity contribution >= 4 is 50.5 Å². The number of fused-ring (bicyclic) bond motifs is 1. The Balaban J connectivity index is 1.55. The molecule has 4 aromatic heterocycles. The van der Waals surface area contributed by atoms with E-state index < -0.39 is 0 Å². The van der Waals surface area contributed by atoms with Gasteiger partial charge in [0.15, 0.2) is 10.9 Å². The van der Waals surface area contributed by atoms with E-state index in [1.165, 1.54) is 22.2 Å². The van der Waals surface area contributed by atoms with Crippen LogP contribution in [0.3, 0.4) is 0 Å². The summed E-state index contributed by atoms with van der Waals surface area (Å²) in [6, 6.07) is 5.97. The van der Waals surface area contributed by atoms with Crippen LogP contribution >= 0.6 is 34.4 Å². The Bertz CT molecular complexity index is 1000. The van der Waals surface area contributed by atoms with E-state index in [2.05, 4.69) is 29.0 Å². The monoisotopic (exact) mass is 374 g/mol. The van der Waals surface area contributed by atoms with E-state index in [0.29, 0.717) is 16.7 Å². The third-order valence-electron chi connectivity index (χ3n) is 3.71. The first-order valence-corrected chi connectivity index (χ1v) is 9.95. The molecule has 0 aliphatic rings. The molecule has 0 spiro atoms. The van der Waals surface area contributed by atoms with E-state index in [9.17, 15) is 0 Å². The number of thiophene rings is 2. The maximum atomic E-state index is 6.12. The highest BCUT2D eigenvalue weighted by Gasteiger charge is 2.14. The number of nitrogens with zero attached hydrogens (tertiary/aromatic N) is 3. The van der Waals surface area contributed by atoms with Gasteiger partial charge in [-0.15, -0.1) is 22.7 Å². The molecule has 0 fully saturated rings. The van der Waals surface area contributed by atoms with Crippen molar-refractivity contribution in [1.29, 1.82) is 0 Å². The van der Waals surface area contributed by atoms with Crippen LogP contribution < -0.4 is 5.73 Å². The number of aromatic nitrogens is 3. The van der Waals surface area contributed by atoms with Crippen LogP contribution in [0.2, 0.25) is 0 Å². The van der Waals surface area contributed by atoms with E-state index >= 15 is 0 Å². The van der Waals surface area contributed by atoms with Crippen molar-refractivity contribution in [2.24, 2.45) is 0 Å². The summed E-state index contributed by atoms with van der Waals surface area (Å²) in [7, 11) is 0. The topological polar surface area (TPSA) is 77.8 Å². The number of rotatable bonds is 4. The first-order chi connectivity index (χ1) is 11.6. The normalized spacial score (nSPS) is 11.4. The molecule has 0 aliphatic carbocycles. The molecule has 0 aromatic carbocycles. The predicted octanol–water partition coefficient (Wildman–Crippen LogP) is 4.90. The van der Waals surface area contributed by atoms with Crippen LogP contribution in [0.5, 0.6) is 0 Å². The average molecular weight is 375 g/mol. The van der Waals surface area contributed by atoms with Crippen molar-refractivity contribution in [1.82, 2.24) is 15.1 Å². The molecule has 8 heteroatoms. The molecule has 0 atom stereocenters. The zero-order valence-electron chi connectivity index (χ0n) is 13.1. The molecule has 0 unspecified atom stereocenters. The number of nitrogen functional groups attached to an aromatic ring is 1. The standard InChI is InChI=1S/C16H14N4OS3/c1-8-9(2)24-15-13(8)14(17)18-16(19-15)23-7-10-6-11(21-20-10)12-4-3-5-22-12/h3-6H,7H2,1-2H3,(H2,17,18,19). The molecular weight excluding hydrogens is 360 g/mol. The van der Waals surface area contributed by atoms with Gasteiger partial charge in [0, 0.05) is 16.7 Å². The summed E-state index contributed by atoms with van der Waals surface area (Å²) in [6.45, 7) is 4.14. The molecule has 0 amide bonds. The van der Waals surface area contributed by atoms with Gasteiger partial charge < -0.3 is 10.3 Å². The van der Waals surface area contributed by atoms with E-state index in [4.69, 9.17) is 10.3 Å². The minimum Gasteiger partial charge on any atom is -0.383 e. The van der Waals surface area contributed by atoms with Crippen molar-refractivity contribution < 1.29 is 4.52 Å². The van der Waals surface area contributed by atoms with Gasteiger partial charge in [0.05, 0.1) is 16.0 Å². The Labute approximate surface area is 150 Å². The van der Waals surface area contributed by atoms with Gasteiger partial charge in [-0.25, -0.2) is 9.97 Å². The number of nitrogens with two attached hydrogens (primary N) is 1. The zero-order valence-corrected chi connectivity index (χ0v) is 15.5. The second-order valence-corrected chi connectivity index (χ2v) is 8.40. The summed E-state index contributed by atoms with van der Waals surface area (Å²) in [6.07, 6.45) is 0. The molecular formula is C16H14N4OS3. The first kappa shape index (κ1) is 15.6. The van der Waals surface area contributed by atoms with Gasteiger partial charge in [0.2, 0.25) is 0 Å². The minimum atomic E-state index is 0.545. The van der Waals surface area contributed by atoms with Gasteiger partial charge in [-0.3, -0.25) is 0 Å². The molecule has 4 heterocycles. The average Bonchev–Trinajstić information content (AvgIpc) is 3.27. The summed E-state index contributed by atoms with van der Waals surface area (Å²) in [5.74, 6) is 1.98. The van der Waals surface area contributed by atoms with E-state index in [1.54, 1.807) is 22.7 Å². The predicted molar refractivity (Wildman–Crippen MR) is 101 cm³/mol. The Morgan fingerprint density at radius 2 is 2.17 bits per heavy atom. The molecule has 4 aromatic rings. The molecule has 122 valence electrons. The van der Waals surface area contributed by atoms with Gasteiger partial charge in [0.1, 0.15) is 10.6 Å². The summed E-state index contributed by atoms with van der Waals surface area (Å²) in [5, 5.41) is 7.78. The lowest BCUT2D eigenvalue weighted by Gasteiger charge is -2.01. The summed E-state index contributed by atoms with van der Waals surface area (Å²) >= 11 is 4.80. The second-order valence-electron chi connectivity index (χ2n) is 5.30. The van der Waals surface area contributed by atoms with Gasteiger partial charge in [-0.2, -0.15) is 0 Å². The molecule has 0 saturated heterocycles. The SMILES string of the molecule is Cc1sc2nc(SCc3cc(-c4cccs4)on3)nc(N)c2c1C. The lowest BCUT2D eigenvalue weighted by molar-refractivity contribution is 0.427. The maximum Gasteiger partial charge on any atom is 0.191 e. The Hall–Kier alpha value is -1.90. The second kappa shape index (κ2) is 6.19. The third-order valence-corrected chi connectivity index (χ3v) is 6.57. The summed E-state index contributed by atoms with van der Waals surface area (Å²) in [5.41, 5.74) is 8.15. The molecule has 0 aliphatic heterocycles. The van der Waals surface area contributed by atoms with Crippen molar-refractivity contribution in [3.05, 3.63) is 39.7 Å². The lowest BCUT2D eigenvalue weighted by Crippen LogP contribution is -1.96. The largest absolute Gasteiger partial charge is 0.383 e. The quantitative estimate of drug-likeness (QED) is 0.404. The van der Waals surface area contributed by atoms with Crippen molar-refractivity contribution in [2.45, 2.75) is 24.8 Å².